The smallest absolute Gasteiger partial charge is 0.296 e. The molecule has 0 saturated carbocycles. The van der Waals surface area contributed by atoms with Crippen molar-refractivity contribution in [2.24, 2.45) is 0 Å². The molecule has 10 nitrogen and oxygen atoms in total. The molecule has 5 heterocycles. The summed E-state index contributed by atoms with van der Waals surface area (Å²) in [5.41, 5.74) is 3.13. The van der Waals surface area contributed by atoms with E-state index < -0.39 is 6.10 Å². The van der Waals surface area contributed by atoms with Gasteiger partial charge < -0.3 is 29.0 Å². The van der Waals surface area contributed by atoms with Crippen molar-refractivity contribution in [2.75, 3.05) is 26.9 Å². The minimum Gasteiger partial charge on any atom is -0.456 e. The second-order valence-electron chi connectivity index (χ2n) is 8.04. The molecule has 3 aromatic heterocycles. The molecule has 0 unspecified atom stereocenters. The summed E-state index contributed by atoms with van der Waals surface area (Å²) in [6.45, 7) is 2.10. The lowest BCUT2D eigenvalue weighted by atomic mass is 10.1. The van der Waals surface area contributed by atoms with Gasteiger partial charge in [-0.3, -0.25) is 4.68 Å². The first-order chi connectivity index (χ1) is 15.6. The van der Waals surface area contributed by atoms with Crippen molar-refractivity contribution in [3.05, 3.63) is 34.7 Å². The van der Waals surface area contributed by atoms with Crippen LogP contribution in [0.5, 0.6) is 6.01 Å². The van der Waals surface area contributed by atoms with Gasteiger partial charge >= 0.3 is 0 Å². The highest BCUT2D eigenvalue weighted by molar-refractivity contribution is 6.31. The highest BCUT2D eigenvalue weighted by Gasteiger charge is 2.48. The monoisotopic (exact) mass is 463 g/mol. The molecule has 32 heavy (non-hydrogen) atoms. The number of nitrogens with one attached hydrogen (secondary N) is 1. The molecule has 0 aromatic carbocycles. The number of imidazole rings is 1. The van der Waals surface area contributed by atoms with E-state index in [1.807, 2.05) is 23.0 Å². The summed E-state index contributed by atoms with van der Waals surface area (Å²) >= 11 is 6.50. The lowest BCUT2D eigenvalue weighted by Crippen LogP contribution is -2.34. The number of aromatic amines is 1. The Kier molecular flexibility index (Phi) is 6.29. The Balaban J connectivity index is 1.26. The van der Waals surface area contributed by atoms with Crippen molar-refractivity contribution in [1.82, 2.24) is 24.7 Å². The van der Waals surface area contributed by atoms with Gasteiger partial charge in [0, 0.05) is 32.2 Å². The Bertz CT molecular complexity index is 1070. The molecule has 0 bridgehead atoms. The van der Waals surface area contributed by atoms with Gasteiger partial charge in [0.15, 0.2) is 11.8 Å². The summed E-state index contributed by atoms with van der Waals surface area (Å²) in [6, 6.07) is 4.16. The number of aliphatic hydroxyl groups excluding tert-OH is 1. The van der Waals surface area contributed by atoms with E-state index in [1.165, 1.54) is 0 Å². The van der Waals surface area contributed by atoms with Crippen LogP contribution >= 0.6 is 11.6 Å². The summed E-state index contributed by atoms with van der Waals surface area (Å²) < 4.78 is 24.3. The van der Waals surface area contributed by atoms with Crippen LogP contribution in [0.15, 0.2) is 18.3 Å². The highest BCUT2D eigenvalue weighted by atomic mass is 35.5. The zero-order valence-corrected chi connectivity index (χ0v) is 18.5. The summed E-state index contributed by atoms with van der Waals surface area (Å²) in [6.07, 6.45) is 2.52. The van der Waals surface area contributed by atoms with Crippen LogP contribution in [0.3, 0.4) is 0 Å². The number of aliphatic hydroxyl groups is 1. The lowest BCUT2D eigenvalue weighted by Gasteiger charge is -2.15. The van der Waals surface area contributed by atoms with Gasteiger partial charge in [0.1, 0.15) is 18.3 Å². The first kappa shape index (κ1) is 21.6. The van der Waals surface area contributed by atoms with Gasteiger partial charge in [-0.05, 0) is 31.4 Å². The second-order valence-corrected chi connectivity index (χ2v) is 8.45. The number of methoxy groups -OCH3 is 1. The standard InChI is InChI=1S/C21H26ClN5O5/c1-29-8-2-7-27-12(5-6-23-27)3-4-14-13(22)9-15-20(24-14)26-21(25-15)32-17-11-31-18-16(28)10-30-19(17)18/h5-6,9,16-19,28H,2-4,7-8,10-11H2,1H3,(H,24,25,26)/t16-,17-,18-,19-/m1/s1. The van der Waals surface area contributed by atoms with E-state index in [1.54, 1.807) is 7.11 Å². The molecule has 3 aromatic rings. The van der Waals surface area contributed by atoms with Crippen LogP contribution in [0.1, 0.15) is 17.8 Å². The number of ether oxygens (including phenoxy) is 4. The maximum Gasteiger partial charge on any atom is 0.296 e. The lowest BCUT2D eigenvalue weighted by molar-refractivity contribution is 0.00706. The SMILES string of the molecule is COCCCn1nccc1CCc1nc2nc(O[C@@H]3CO[C@H]4[C@@H]3OC[C@H]4O)[nH]c2cc1Cl. The molecule has 11 heteroatoms. The third-order valence-electron chi connectivity index (χ3n) is 5.86. The topological polar surface area (TPSA) is 117 Å². The molecule has 0 amide bonds. The average molecular weight is 464 g/mol. The largest absolute Gasteiger partial charge is 0.456 e. The first-order valence-corrected chi connectivity index (χ1v) is 11.1. The zero-order valence-electron chi connectivity index (χ0n) is 17.7. The fourth-order valence-corrected chi connectivity index (χ4v) is 4.48. The highest BCUT2D eigenvalue weighted by Crippen LogP contribution is 2.30. The van der Waals surface area contributed by atoms with Gasteiger partial charge in [-0.25, -0.2) is 4.98 Å². The van der Waals surface area contributed by atoms with E-state index in [0.29, 0.717) is 41.8 Å². The van der Waals surface area contributed by atoms with Gasteiger partial charge in [-0.15, -0.1) is 0 Å². The number of hydrogen-bond donors (Lipinski definition) is 2. The molecular weight excluding hydrogens is 438 g/mol. The van der Waals surface area contributed by atoms with Crippen LogP contribution < -0.4 is 4.74 Å². The van der Waals surface area contributed by atoms with E-state index in [4.69, 9.17) is 30.5 Å². The van der Waals surface area contributed by atoms with E-state index in [9.17, 15) is 5.11 Å². The van der Waals surface area contributed by atoms with Gasteiger partial charge in [-0.1, -0.05) is 11.6 Å². The van der Waals surface area contributed by atoms with Crippen LogP contribution in [0.25, 0.3) is 11.2 Å². The Hall–Kier alpha value is -2.24. The molecule has 0 spiro atoms. The maximum absolute atomic E-state index is 9.88. The second kappa shape index (κ2) is 9.32. The Morgan fingerprint density at radius 2 is 2.12 bits per heavy atom. The molecule has 0 radical (unpaired) electrons. The Morgan fingerprint density at radius 3 is 3.00 bits per heavy atom. The summed E-state index contributed by atoms with van der Waals surface area (Å²) in [5.74, 6) is 0. The minimum absolute atomic E-state index is 0.251. The van der Waals surface area contributed by atoms with Crippen molar-refractivity contribution < 1.29 is 24.1 Å². The Morgan fingerprint density at radius 1 is 1.25 bits per heavy atom. The number of nitrogens with zero attached hydrogens (tertiary/aromatic N) is 4. The van der Waals surface area contributed by atoms with Gasteiger partial charge in [0.25, 0.3) is 6.01 Å². The minimum atomic E-state index is -0.622. The number of rotatable bonds is 9. The number of pyridine rings is 1. The quantitative estimate of drug-likeness (QED) is 0.459. The predicted octanol–water partition coefficient (Wildman–Crippen LogP) is 1.54. The van der Waals surface area contributed by atoms with Gasteiger partial charge in [0.2, 0.25) is 0 Å². The Labute approximate surface area is 189 Å². The third-order valence-corrected chi connectivity index (χ3v) is 6.19. The number of fused-ring (bicyclic) bond motifs is 2. The fraction of sp³-hybridized carbons (Fsp3) is 0.571. The van der Waals surface area contributed by atoms with Crippen LogP contribution in [0, 0.1) is 0 Å². The average Bonchev–Trinajstić information content (AvgIpc) is 3.54. The molecule has 0 aliphatic carbocycles. The van der Waals surface area contributed by atoms with Crippen LogP contribution in [-0.4, -0.2) is 81.2 Å². The third kappa shape index (κ3) is 4.33. The number of aryl methyl sites for hydroxylation is 3. The van der Waals surface area contributed by atoms with Crippen molar-refractivity contribution in [3.8, 4) is 6.01 Å². The van der Waals surface area contributed by atoms with Gasteiger partial charge in [-0.2, -0.15) is 10.1 Å². The van der Waals surface area contributed by atoms with Crippen LogP contribution in [0.4, 0.5) is 0 Å². The van der Waals surface area contributed by atoms with Crippen molar-refractivity contribution in [3.63, 3.8) is 0 Å². The fourth-order valence-electron chi connectivity index (χ4n) is 4.23. The molecular formula is C21H26ClN5O5. The molecule has 172 valence electrons. The predicted molar refractivity (Wildman–Crippen MR) is 115 cm³/mol. The molecule has 2 saturated heterocycles. The van der Waals surface area contributed by atoms with E-state index in [0.717, 1.165) is 30.8 Å². The summed E-state index contributed by atoms with van der Waals surface area (Å²) in [7, 11) is 1.70. The van der Waals surface area contributed by atoms with E-state index >= 15 is 0 Å². The molecule has 2 aliphatic rings. The van der Waals surface area contributed by atoms with Crippen molar-refractivity contribution in [2.45, 2.75) is 50.2 Å². The molecule has 5 rings (SSSR count). The van der Waals surface area contributed by atoms with Gasteiger partial charge in [0.05, 0.1) is 29.4 Å². The maximum atomic E-state index is 9.88. The molecule has 2 N–H and O–H groups in total. The summed E-state index contributed by atoms with van der Waals surface area (Å²) in [4.78, 5) is 12.2. The normalized spacial score (nSPS) is 25.0. The molecule has 2 aliphatic heterocycles. The van der Waals surface area contributed by atoms with Crippen LogP contribution in [0.2, 0.25) is 5.02 Å². The van der Waals surface area contributed by atoms with Crippen LogP contribution in [-0.2, 0) is 33.6 Å². The molecule has 4 atom stereocenters. The molecule has 2 fully saturated rings. The zero-order chi connectivity index (χ0) is 22.1. The van der Waals surface area contributed by atoms with E-state index in [2.05, 4.69) is 20.1 Å². The number of H-pyrrole nitrogens is 1. The number of aromatic nitrogens is 5. The first-order valence-electron chi connectivity index (χ1n) is 10.7. The summed E-state index contributed by atoms with van der Waals surface area (Å²) in [5, 5.41) is 14.8. The van der Waals surface area contributed by atoms with Crippen molar-refractivity contribution >= 4 is 22.8 Å². The number of halogens is 1. The number of hydrogen-bond acceptors (Lipinski definition) is 8. The van der Waals surface area contributed by atoms with Crippen molar-refractivity contribution in [1.29, 1.82) is 0 Å². The van der Waals surface area contributed by atoms with E-state index in [-0.39, 0.29) is 24.9 Å².